The number of nitrogens with one attached hydrogen (secondary N) is 2. The first-order valence-electron chi connectivity index (χ1n) is 10.9. The van der Waals surface area contributed by atoms with Crippen molar-refractivity contribution >= 4 is 44.2 Å². The van der Waals surface area contributed by atoms with E-state index < -0.39 is 5.91 Å². The average molecular weight is 456 g/mol. The summed E-state index contributed by atoms with van der Waals surface area (Å²) in [4.78, 5) is 25.0. The molecule has 0 aliphatic rings. The van der Waals surface area contributed by atoms with E-state index in [1.54, 1.807) is 29.8 Å². The van der Waals surface area contributed by atoms with Crippen LogP contribution in [0.1, 0.15) is 37.6 Å². The highest BCUT2D eigenvalue weighted by Crippen LogP contribution is 2.31. The summed E-state index contributed by atoms with van der Waals surface area (Å²) in [5, 5.41) is 4.82. The molecule has 4 N–H and O–H groups in total. The van der Waals surface area contributed by atoms with Crippen molar-refractivity contribution in [2.45, 2.75) is 26.7 Å². The van der Waals surface area contributed by atoms with E-state index in [1.807, 2.05) is 12.1 Å². The number of nitrogens with two attached hydrogens (primary N) is 1. The molecule has 6 nitrogen and oxygen atoms in total. The summed E-state index contributed by atoms with van der Waals surface area (Å²) in [6.07, 6.45) is 3.29. The minimum Gasteiger partial charge on any atom is -0.368 e. The molecule has 5 rings (SSSR count). The average Bonchev–Trinajstić information content (AvgIpc) is 3.36. The van der Waals surface area contributed by atoms with Gasteiger partial charge in [-0.15, -0.1) is 11.3 Å². The minimum absolute atomic E-state index is 0.410. The Bertz CT molecular complexity index is 1470. The number of aromatic amines is 1. The number of aromatic nitrogens is 3. The molecule has 0 unspecified atom stereocenters. The molecule has 2 aromatic carbocycles. The fourth-order valence-electron chi connectivity index (χ4n) is 4.28. The molecular weight excluding hydrogens is 430 g/mol. The number of nitrogens with zero attached hydrogens (tertiary/aromatic N) is 2. The number of para-hydroxylation sites is 1. The van der Waals surface area contributed by atoms with Crippen LogP contribution in [0, 0.1) is 13.8 Å². The molecule has 33 heavy (non-hydrogen) atoms. The molecule has 0 atom stereocenters. The Balaban J connectivity index is 1.32. The van der Waals surface area contributed by atoms with Crippen LogP contribution in [0.4, 0.5) is 5.82 Å². The summed E-state index contributed by atoms with van der Waals surface area (Å²) < 4.78 is 1.06. The lowest BCUT2D eigenvalue weighted by Gasteiger charge is -2.07. The Morgan fingerprint density at radius 1 is 1.12 bits per heavy atom. The van der Waals surface area contributed by atoms with Crippen LogP contribution in [-0.2, 0) is 12.8 Å². The number of hydrogen-bond acceptors (Lipinski definition) is 5. The van der Waals surface area contributed by atoms with Crippen molar-refractivity contribution < 1.29 is 4.79 Å². The predicted octanol–water partition coefficient (Wildman–Crippen LogP) is 5.13. The maximum Gasteiger partial charge on any atom is 0.248 e. The highest BCUT2D eigenvalue weighted by molar-refractivity contribution is 7.19. The van der Waals surface area contributed by atoms with Gasteiger partial charge < -0.3 is 16.0 Å². The number of thiophene rings is 1. The van der Waals surface area contributed by atoms with Crippen LogP contribution < -0.4 is 11.1 Å². The number of hydrogen-bond donors (Lipinski definition) is 3. The van der Waals surface area contributed by atoms with E-state index in [0.29, 0.717) is 5.56 Å². The van der Waals surface area contributed by atoms with E-state index in [4.69, 9.17) is 5.73 Å². The van der Waals surface area contributed by atoms with Gasteiger partial charge in [0.1, 0.15) is 12.1 Å². The number of H-pyrrole nitrogens is 1. The number of rotatable bonds is 7. The molecule has 3 aromatic heterocycles. The van der Waals surface area contributed by atoms with Crippen molar-refractivity contribution in [1.29, 1.82) is 0 Å². The number of fused-ring (bicyclic) bond motifs is 2. The van der Waals surface area contributed by atoms with Crippen molar-refractivity contribution in [2.75, 3.05) is 11.9 Å². The summed E-state index contributed by atoms with van der Waals surface area (Å²) in [5.41, 5.74) is 13.0. The van der Waals surface area contributed by atoms with Crippen molar-refractivity contribution in [2.24, 2.45) is 5.73 Å². The van der Waals surface area contributed by atoms with E-state index >= 15 is 0 Å². The molecule has 0 saturated heterocycles. The molecular formula is C26H25N5OS. The Morgan fingerprint density at radius 2 is 1.94 bits per heavy atom. The summed E-state index contributed by atoms with van der Waals surface area (Å²) in [6.45, 7) is 5.06. The first-order chi connectivity index (χ1) is 16.0. The zero-order valence-corrected chi connectivity index (χ0v) is 19.4. The van der Waals surface area contributed by atoms with E-state index in [9.17, 15) is 4.79 Å². The highest BCUT2D eigenvalue weighted by Gasteiger charge is 2.12. The molecule has 0 spiro atoms. The minimum atomic E-state index is -0.410. The fraction of sp³-hybridized carbons (Fsp3) is 0.192. The van der Waals surface area contributed by atoms with Gasteiger partial charge in [0, 0.05) is 40.0 Å². The van der Waals surface area contributed by atoms with Gasteiger partial charge in [-0.05, 0) is 55.2 Å². The summed E-state index contributed by atoms with van der Waals surface area (Å²) in [5.74, 6) is 0.460. The lowest BCUT2D eigenvalue weighted by molar-refractivity contribution is 0.100. The van der Waals surface area contributed by atoms with E-state index in [1.165, 1.54) is 32.6 Å². The third-order valence-corrected chi connectivity index (χ3v) is 7.14. The predicted molar refractivity (Wildman–Crippen MR) is 135 cm³/mol. The second-order valence-corrected chi connectivity index (χ2v) is 9.43. The number of carbonyl (C=O) groups excluding carboxylic acids is 1. The first kappa shape index (κ1) is 21.2. The molecule has 0 bridgehead atoms. The molecule has 1 amide bonds. The summed E-state index contributed by atoms with van der Waals surface area (Å²) in [6, 6.07) is 16.0. The molecule has 166 valence electrons. The van der Waals surface area contributed by atoms with Gasteiger partial charge in [0.15, 0.2) is 0 Å². The van der Waals surface area contributed by atoms with Crippen LogP contribution in [-0.4, -0.2) is 27.4 Å². The molecule has 0 saturated carbocycles. The van der Waals surface area contributed by atoms with Crippen molar-refractivity contribution in [3.8, 4) is 0 Å². The lowest BCUT2D eigenvalue weighted by atomic mass is 10.1. The Hall–Kier alpha value is -3.71. The maximum atomic E-state index is 11.3. The highest BCUT2D eigenvalue weighted by atomic mass is 32.1. The normalized spacial score (nSPS) is 11.3. The fourth-order valence-corrected chi connectivity index (χ4v) is 5.39. The van der Waals surface area contributed by atoms with Crippen LogP contribution in [0.5, 0.6) is 0 Å². The van der Waals surface area contributed by atoms with Crippen LogP contribution in [0.15, 0.2) is 54.9 Å². The number of primary amides is 1. The molecule has 0 radical (unpaired) electrons. The standard InChI is InChI=1S/C26H25N5OS/c1-15-4-3-5-21-20(16(2)31-23(15)21)10-11-28-26-24-22(29-14-30-26)13-19(33-24)12-17-6-8-18(9-7-17)25(27)32/h3-9,13-14,31H,10-12H2,1-2H3,(H2,27,32)(H,28,29,30). The second-order valence-electron chi connectivity index (χ2n) is 8.29. The maximum absolute atomic E-state index is 11.3. The second kappa shape index (κ2) is 8.67. The van der Waals surface area contributed by atoms with Gasteiger partial charge in [0.25, 0.3) is 0 Å². The van der Waals surface area contributed by atoms with E-state index in [-0.39, 0.29) is 0 Å². The van der Waals surface area contributed by atoms with Gasteiger partial charge in [-0.1, -0.05) is 30.3 Å². The van der Waals surface area contributed by atoms with Crippen molar-refractivity contribution in [3.63, 3.8) is 0 Å². The zero-order chi connectivity index (χ0) is 22.9. The first-order valence-corrected chi connectivity index (χ1v) is 11.7. The Morgan fingerprint density at radius 3 is 2.73 bits per heavy atom. The zero-order valence-electron chi connectivity index (χ0n) is 18.6. The number of anilines is 1. The summed E-state index contributed by atoms with van der Waals surface area (Å²) >= 11 is 1.70. The van der Waals surface area contributed by atoms with Gasteiger partial charge in [-0.25, -0.2) is 9.97 Å². The number of carbonyl (C=O) groups is 1. The van der Waals surface area contributed by atoms with Crippen molar-refractivity contribution in [3.05, 3.63) is 87.7 Å². The van der Waals surface area contributed by atoms with Gasteiger partial charge >= 0.3 is 0 Å². The molecule has 5 aromatic rings. The number of aryl methyl sites for hydroxylation is 2. The summed E-state index contributed by atoms with van der Waals surface area (Å²) in [7, 11) is 0. The Kier molecular flexibility index (Phi) is 5.56. The number of amides is 1. The monoisotopic (exact) mass is 455 g/mol. The van der Waals surface area contributed by atoms with Crippen molar-refractivity contribution in [1.82, 2.24) is 15.0 Å². The van der Waals surface area contributed by atoms with E-state index in [0.717, 1.165) is 41.0 Å². The molecule has 0 aliphatic carbocycles. The van der Waals surface area contributed by atoms with Crippen LogP contribution >= 0.6 is 11.3 Å². The van der Waals surface area contributed by atoms with Gasteiger partial charge in [0.05, 0.1) is 10.2 Å². The third-order valence-electron chi connectivity index (χ3n) is 6.01. The van der Waals surface area contributed by atoms with Crippen LogP contribution in [0.2, 0.25) is 0 Å². The van der Waals surface area contributed by atoms with Crippen LogP contribution in [0.3, 0.4) is 0 Å². The topological polar surface area (TPSA) is 96.7 Å². The quantitative estimate of drug-likeness (QED) is 0.317. The molecule has 7 heteroatoms. The van der Waals surface area contributed by atoms with E-state index in [2.05, 4.69) is 58.4 Å². The molecule has 0 aliphatic heterocycles. The lowest BCUT2D eigenvalue weighted by Crippen LogP contribution is -2.10. The molecule has 3 heterocycles. The van der Waals surface area contributed by atoms with Gasteiger partial charge in [-0.2, -0.15) is 0 Å². The largest absolute Gasteiger partial charge is 0.368 e. The van der Waals surface area contributed by atoms with Gasteiger partial charge in [0.2, 0.25) is 5.91 Å². The smallest absolute Gasteiger partial charge is 0.248 e. The SMILES string of the molecule is Cc1[nH]c2c(C)cccc2c1CCNc1ncnc2cc(Cc3ccc(C(N)=O)cc3)sc12. The molecule has 0 fully saturated rings. The van der Waals surface area contributed by atoms with Crippen LogP contribution in [0.25, 0.3) is 21.1 Å². The Labute approximate surface area is 195 Å². The van der Waals surface area contributed by atoms with Gasteiger partial charge in [-0.3, -0.25) is 4.79 Å². The number of benzene rings is 2. The third kappa shape index (κ3) is 4.19.